The average Bonchev–Trinajstić information content (AvgIpc) is 2.57. The molecule has 1 aromatic rings. The van der Waals surface area contributed by atoms with Crippen LogP contribution in [0.2, 0.25) is 0 Å². The number of hydrogen-bond donors (Lipinski definition) is 4. The van der Waals surface area contributed by atoms with Gasteiger partial charge in [0, 0.05) is 6.07 Å². The van der Waals surface area contributed by atoms with Gasteiger partial charge in [0.25, 0.3) is 5.56 Å². The highest BCUT2D eigenvalue weighted by molar-refractivity contribution is 5.11. The maximum absolute atomic E-state index is 11.5. The highest BCUT2D eigenvalue weighted by Crippen LogP contribution is 2.27. The van der Waals surface area contributed by atoms with Crippen molar-refractivity contribution in [3.63, 3.8) is 0 Å². The van der Waals surface area contributed by atoms with E-state index in [4.69, 9.17) is 14.9 Å². The Morgan fingerprint density at radius 3 is 2.65 bits per heavy atom. The summed E-state index contributed by atoms with van der Waals surface area (Å²) in [6, 6.07) is 0.904. The lowest BCUT2D eigenvalue weighted by Crippen LogP contribution is -2.36. The SMILES string of the molecule is O=c1cc(O)cnn1C1OC(CO)C(O)C1O. The summed E-state index contributed by atoms with van der Waals surface area (Å²) in [6.07, 6.45) is -3.82. The van der Waals surface area contributed by atoms with E-state index >= 15 is 0 Å². The quantitative estimate of drug-likeness (QED) is 0.455. The maximum atomic E-state index is 11.5. The minimum absolute atomic E-state index is 0.307. The molecule has 4 unspecified atom stereocenters. The number of nitrogens with zero attached hydrogens (tertiary/aromatic N) is 2. The predicted molar refractivity (Wildman–Crippen MR) is 53.2 cm³/mol. The fourth-order valence-electron chi connectivity index (χ4n) is 1.68. The topological polar surface area (TPSA) is 125 Å². The number of aromatic nitrogens is 2. The van der Waals surface area contributed by atoms with Crippen molar-refractivity contribution in [3.05, 3.63) is 22.6 Å². The molecule has 0 saturated carbocycles. The molecular weight excluding hydrogens is 232 g/mol. The number of ether oxygens (including phenoxy) is 1. The maximum Gasteiger partial charge on any atom is 0.272 e. The zero-order valence-electron chi connectivity index (χ0n) is 8.67. The molecule has 0 amide bonds. The molecule has 1 aliphatic heterocycles. The number of rotatable bonds is 2. The molecule has 0 aromatic carbocycles. The van der Waals surface area contributed by atoms with Crippen molar-refractivity contribution in [2.24, 2.45) is 0 Å². The van der Waals surface area contributed by atoms with Crippen LogP contribution in [0.25, 0.3) is 0 Å². The minimum Gasteiger partial charge on any atom is -0.506 e. The first-order valence-electron chi connectivity index (χ1n) is 4.95. The van der Waals surface area contributed by atoms with Crippen LogP contribution >= 0.6 is 0 Å². The fourth-order valence-corrected chi connectivity index (χ4v) is 1.68. The van der Waals surface area contributed by atoms with Crippen LogP contribution in [0.4, 0.5) is 0 Å². The third-order valence-electron chi connectivity index (χ3n) is 2.57. The van der Waals surface area contributed by atoms with Gasteiger partial charge in [0.15, 0.2) is 6.23 Å². The molecule has 8 heteroatoms. The van der Waals surface area contributed by atoms with E-state index in [-0.39, 0.29) is 5.75 Å². The number of hydrogen-bond acceptors (Lipinski definition) is 7. The lowest BCUT2D eigenvalue weighted by molar-refractivity contribution is -0.0611. The van der Waals surface area contributed by atoms with Crippen molar-refractivity contribution in [2.75, 3.05) is 6.61 Å². The molecule has 1 aromatic heterocycles. The zero-order valence-corrected chi connectivity index (χ0v) is 8.67. The average molecular weight is 244 g/mol. The van der Waals surface area contributed by atoms with Crippen LogP contribution in [-0.4, -0.2) is 55.1 Å². The van der Waals surface area contributed by atoms with Crippen LogP contribution in [0.5, 0.6) is 5.75 Å². The van der Waals surface area contributed by atoms with E-state index < -0.39 is 36.7 Å². The largest absolute Gasteiger partial charge is 0.506 e. The highest BCUT2D eigenvalue weighted by atomic mass is 16.6. The Balaban J connectivity index is 2.32. The van der Waals surface area contributed by atoms with Crippen molar-refractivity contribution in [3.8, 4) is 5.75 Å². The van der Waals surface area contributed by atoms with E-state index in [0.717, 1.165) is 16.9 Å². The van der Waals surface area contributed by atoms with Crippen LogP contribution in [0.1, 0.15) is 6.23 Å². The molecule has 4 N–H and O–H groups in total. The van der Waals surface area contributed by atoms with E-state index in [1.807, 2.05) is 0 Å². The second-order valence-corrected chi connectivity index (χ2v) is 3.73. The molecular formula is C9H12N2O6. The molecule has 0 bridgehead atoms. The van der Waals surface area contributed by atoms with Crippen LogP contribution in [0.3, 0.4) is 0 Å². The van der Waals surface area contributed by atoms with Gasteiger partial charge in [0.1, 0.15) is 24.1 Å². The first-order chi connectivity index (χ1) is 8.04. The summed E-state index contributed by atoms with van der Waals surface area (Å²) < 4.78 is 5.91. The Bertz CT molecular complexity index is 461. The van der Waals surface area contributed by atoms with Crippen LogP contribution in [-0.2, 0) is 4.74 Å². The van der Waals surface area contributed by atoms with Crippen molar-refractivity contribution in [2.45, 2.75) is 24.5 Å². The first kappa shape index (κ1) is 12.0. The second-order valence-electron chi connectivity index (χ2n) is 3.73. The smallest absolute Gasteiger partial charge is 0.272 e. The molecule has 0 spiro atoms. The van der Waals surface area contributed by atoms with Gasteiger partial charge in [-0.25, -0.2) is 0 Å². The normalized spacial score (nSPS) is 32.9. The molecule has 17 heavy (non-hydrogen) atoms. The zero-order chi connectivity index (χ0) is 12.6. The van der Waals surface area contributed by atoms with Crippen LogP contribution < -0.4 is 5.56 Å². The monoisotopic (exact) mass is 244 g/mol. The summed E-state index contributed by atoms with van der Waals surface area (Å²) in [6.45, 7) is -0.485. The minimum atomic E-state index is -1.37. The molecule has 1 saturated heterocycles. The van der Waals surface area contributed by atoms with E-state index in [9.17, 15) is 15.0 Å². The summed E-state index contributed by atoms with van der Waals surface area (Å²) in [5.74, 6) is -0.307. The first-order valence-corrected chi connectivity index (χ1v) is 4.95. The predicted octanol–water partition coefficient (Wildman–Crippen LogP) is -2.44. The molecule has 0 aliphatic carbocycles. The van der Waals surface area contributed by atoms with Crippen molar-refractivity contribution < 1.29 is 25.2 Å². The standard InChI is InChI=1S/C9H12N2O6/c12-3-5-7(15)8(16)9(17-5)11-6(14)1-4(13)2-10-11/h1-2,5,7-9,12-13,15-16H,3H2. The van der Waals surface area contributed by atoms with Crippen molar-refractivity contribution in [1.29, 1.82) is 0 Å². The molecule has 1 fully saturated rings. The summed E-state index contributed by atoms with van der Waals surface area (Å²) in [5, 5.41) is 40.7. The van der Waals surface area contributed by atoms with E-state index in [1.54, 1.807) is 0 Å². The third-order valence-corrected chi connectivity index (χ3v) is 2.57. The summed E-state index contributed by atoms with van der Waals surface area (Å²) in [7, 11) is 0. The lowest BCUT2D eigenvalue weighted by atomic mass is 10.1. The van der Waals surface area contributed by atoms with Crippen LogP contribution in [0.15, 0.2) is 17.1 Å². The fraction of sp³-hybridized carbons (Fsp3) is 0.556. The van der Waals surface area contributed by atoms with Gasteiger partial charge in [-0.2, -0.15) is 9.78 Å². The Morgan fingerprint density at radius 1 is 1.41 bits per heavy atom. The summed E-state index contributed by atoms with van der Waals surface area (Å²) >= 11 is 0. The summed E-state index contributed by atoms with van der Waals surface area (Å²) in [4.78, 5) is 11.5. The van der Waals surface area contributed by atoms with Gasteiger partial charge in [-0.15, -0.1) is 0 Å². The van der Waals surface area contributed by atoms with Gasteiger partial charge in [-0.3, -0.25) is 4.79 Å². The van der Waals surface area contributed by atoms with Gasteiger partial charge in [0.05, 0.1) is 12.8 Å². The van der Waals surface area contributed by atoms with Gasteiger partial charge in [-0.05, 0) is 0 Å². The Labute approximate surface area is 95.3 Å². The molecule has 2 rings (SSSR count). The van der Waals surface area contributed by atoms with Crippen molar-refractivity contribution >= 4 is 0 Å². The van der Waals surface area contributed by atoms with Gasteiger partial charge >= 0.3 is 0 Å². The molecule has 94 valence electrons. The molecule has 1 aliphatic rings. The van der Waals surface area contributed by atoms with Gasteiger partial charge in [0.2, 0.25) is 0 Å². The molecule has 2 heterocycles. The number of aliphatic hydroxyl groups excluding tert-OH is 3. The number of aliphatic hydroxyl groups is 3. The number of aromatic hydroxyl groups is 1. The highest BCUT2D eigenvalue weighted by Gasteiger charge is 2.44. The summed E-state index contributed by atoms with van der Waals surface area (Å²) in [5.41, 5.74) is -0.681. The lowest BCUT2D eigenvalue weighted by Gasteiger charge is -2.15. The van der Waals surface area contributed by atoms with E-state index in [2.05, 4.69) is 5.10 Å². The Hall–Kier alpha value is -1.48. The van der Waals surface area contributed by atoms with E-state index in [0.29, 0.717) is 0 Å². The van der Waals surface area contributed by atoms with E-state index in [1.165, 1.54) is 0 Å². The molecule has 8 nitrogen and oxygen atoms in total. The van der Waals surface area contributed by atoms with Crippen molar-refractivity contribution in [1.82, 2.24) is 9.78 Å². The van der Waals surface area contributed by atoms with Gasteiger partial charge in [-0.1, -0.05) is 0 Å². The molecule has 0 radical (unpaired) electrons. The van der Waals surface area contributed by atoms with Crippen LogP contribution in [0, 0.1) is 0 Å². The second kappa shape index (κ2) is 4.41. The Morgan fingerprint density at radius 2 is 2.12 bits per heavy atom. The Kier molecular flexibility index (Phi) is 3.11. The molecule has 4 atom stereocenters. The third kappa shape index (κ3) is 2.03. The van der Waals surface area contributed by atoms with Gasteiger partial charge < -0.3 is 25.2 Å².